The van der Waals surface area contributed by atoms with Gasteiger partial charge in [0, 0.05) is 40.8 Å². The number of aromatic amines is 1. The Kier molecular flexibility index (Phi) is 4.62. The van der Waals surface area contributed by atoms with Gasteiger partial charge in [0.2, 0.25) is 0 Å². The molecule has 0 saturated heterocycles. The number of amides is 1. The maximum Gasteiger partial charge on any atom is 0.257 e. The van der Waals surface area contributed by atoms with E-state index in [1.165, 1.54) is 19.2 Å². The maximum atomic E-state index is 13.4. The average molecular weight is 385 g/mol. The number of nitrogens with zero attached hydrogens (tertiary/aromatic N) is 1. The number of halogens is 2. The molecule has 0 fully saturated rings. The molecule has 0 aliphatic carbocycles. The Hall–Kier alpha value is -2.79. The number of aromatic nitrogens is 1. The Labute approximate surface area is 161 Å². The van der Waals surface area contributed by atoms with Gasteiger partial charge >= 0.3 is 0 Å². The normalized spacial score (nSPS) is 14.3. The van der Waals surface area contributed by atoms with Crippen molar-refractivity contribution < 1.29 is 13.9 Å². The monoisotopic (exact) mass is 384 g/mol. The predicted molar refractivity (Wildman–Crippen MR) is 105 cm³/mol. The highest BCUT2D eigenvalue weighted by Gasteiger charge is 2.23. The van der Waals surface area contributed by atoms with Crippen LogP contribution < -0.4 is 4.74 Å². The summed E-state index contributed by atoms with van der Waals surface area (Å²) in [6, 6.07) is 9.76. The van der Waals surface area contributed by atoms with Crippen LogP contribution in [-0.2, 0) is 0 Å². The number of ether oxygens (including phenoxy) is 1. The minimum atomic E-state index is -0.262. The number of methoxy groups -OCH3 is 1. The molecule has 1 amide bonds. The summed E-state index contributed by atoms with van der Waals surface area (Å²) in [5, 5.41) is 1.52. The number of carbonyl (C=O) groups excluding carboxylic acids is 1. The minimum absolute atomic E-state index is 0.0835. The summed E-state index contributed by atoms with van der Waals surface area (Å²) < 4.78 is 18.7. The van der Waals surface area contributed by atoms with Gasteiger partial charge in [-0.3, -0.25) is 4.79 Å². The lowest BCUT2D eigenvalue weighted by Crippen LogP contribution is -2.34. The first-order valence-electron chi connectivity index (χ1n) is 8.65. The number of fused-ring (bicyclic) bond motifs is 1. The molecule has 3 aromatic rings. The van der Waals surface area contributed by atoms with Gasteiger partial charge in [-0.1, -0.05) is 17.7 Å². The van der Waals surface area contributed by atoms with Gasteiger partial charge < -0.3 is 14.6 Å². The molecular formula is C21H18ClFN2O2. The Bertz CT molecular complexity index is 1060. The first-order valence-corrected chi connectivity index (χ1v) is 9.03. The number of carbonyl (C=O) groups is 1. The molecule has 0 radical (unpaired) electrons. The van der Waals surface area contributed by atoms with E-state index in [0.717, 1.165) is 28.5 Å². The lowest BCUT2D eigenvalue weighted by molar-refractivity contribution is 0.0769. The molecule has 0 spiro atoms. The van der Waals surface area contributed by atoms with Gasteiger partial charge in [-0.15, -0.1) is 0 Å². The summed E-state index contributed by atoms with van der Waals surface area (Å²) in [4.78, 5) is 17.8. The fraction of sp³-hybridized carbons (Fsp3) is 0.190. The Balaban J connectivity index is 1.57. The van der Waals surface area contributed by atoms with Crippen LogP contribution in [0.15, 0.2) is 48.7 Å². The van der Waals surface area contributed by atoms with Crippen LogP contribution in [-0.4, -0.2) is 36.0 Å². The third kappa shape index (κ3) is 3.30. The molecule has 1 aliphatic rings. The molecule has 2 aromatic carbocycles. The van der Waals surface area contributed by atoms with Crippen LogP contribution in [0.5, 0.6) is 5.75 Å². The summed E-state index contributed by atoms with van der Waals surface area (Å²) in [5.74, 6) is 0.128. The summed E-state index contributed by atoms with van der Waals surface area (Å²) in [6.07, 6.45) is 4.68. The van der Waals surface area contributed by atoms with Crippen LogP contribution in [0, 0.1) is 5.82 Å². The van der Waals surface area contributed by atoms with Crippen LogP contribution in [0.25, 0.3) is 16.5 Å². The number of nitrogens with one attached hydrogen (secondary N) is 1. The van der Waals surface area contributed by atoms with Gasteiger partial charge in [0.15, 0.2) is 0 Å². The van der Waals surface area contributed by atoms with Crippen molar-refractivity contribution in [3.63, 3.8) is 0 Å². The van der Waals surface area contributed by atoms with Crippen LogP contribution in [0.3, 0.4) is 0 Å². The van der Waals surface area contributed by atoms with Crippen LogP contribution in [0.2, 0.25) is 5.02 Å². The number of H-pyrrole nitrogens is 1. The fourth-order valence-corrected chi connectivity index (χ4v) is 3.64. The van der Waals surface area contributed by atoms with E-state index < -0.39 is 0 Å². The standard InChI is InChI=1S/C21H18ClFN2O2/c1-27-20-10-14(22)2-4-17(20)21(26)25-8-6-13(7-9-25)18-12-24-19-11-15(23)3-5-16(18)19/h2-6,10-12,24H,7-9H2,1H3. The quantitative estimate of drug-likeness (QED) is 0.698. The Morgan fingerprint density at radius 3 is 2.85 bits per heavy atom. The van der Waals surface area contributed by atoms with E-state index in [-0.39, 0.29) is 11.7 Å². The Morgan fingerprint density at radius 2 is 2.11 bits per heavy atom. The molecule has 0 saturated carbocycles. The van der Waals surface area contributed by atoms with Crippen molar-refractivity contribution in [3.05, 3.63) is 70.6 Å². The molecular weight excluding hydrogens is 367 g/mol. The maximum absolute atomic E-state index is 13.4. The zero-order valence-corrected chi connectivity index (χ0v) is 15.5. The molecule has 2 heterocycles. The van der Waals surface area contributed by atoms with Crippen LogP contribution in [0.1, 0.15) is 22.3 Å². The van der Waals surface area contributed by atoms with Crippen molar-refractivity contribution in [1.82, 2.24) is 9.88 Å². The molecule has 27 heavy (non-hydrogen) atoms. The van der Waals surface area contributed by atoms with E-state index in [1.807, 2.05) is 6.20 Å². The first-order chi connectivity index (χ1) is 13.1. The summed E-state index contributed by atoms with van der Waals surface area (Å²) >= 11 is 5.98. The van der Waals surface area contributed by atoms with E-state index in [9.17, 15) is 9.18 Å². The highest BCUT2D eigenvalue weighted by atomic mass is 35.5. The van der Waals surface area contributed by atoms with Gasteiger partial charge in [-0.05, 0) is 48.4 Å². The second-order valence-electron chi connectivity index (χ2n) is 6.47. The van der Waals surface area contributed by atoms with Gasteiger partial charge in [0.1, 0.15) is 11.6 Å². The predicted octanol–water partition coefficient (Wildman–Crippen LogP) is 4.90. The van der Waals surface area contributed by atoms with E-state index in [2.05, 4.69) is 11.1 Å². The fourth-order valence-electron chi connectivity index (χ4n) is 3.47. The second-order valence-corrected chi connectivity index (χ2v) is 6.90. The summed E-state index contributed by atoms with van der Waals surface area (Å²) in [6.45, 7) is 1.11. The minimum Gasteiger partial charge on any atom is -0.496 e. The largest absolute Gasteiger partial charge is 0.496 e. The third-order valence-corrected chi connectivity index (χ3v) is 5.12. The lowest BCUT2D eigenvalue weighted by atomic mass is 9.98. The van der Waals surface area contributed by atoms with E-state index in [1.54, 1.807) is 29.2 Å². The molecule has 4 nitrogen and oxygen atoms in total. The third-order valence-electron chi connectivity index (χ3n) is 4.88. The van der Waals surface area contributed by atoms with E-state index in [0.29, 0.717) is 29.4 Å². The van der Waals surface area contributed by atoms with Gasteiger partial charge in [0.05, 0.1) is 12.7 Å². The van der Waals surface area contributed by atoms with Crippen molar-refractivity contribution in [2.24, 2.45) is 0 Å². The number of rotatable bonds is 3. The topological polar surface area (TPSA) is 45.3 Å². The SMILES string of the molecule is COc1cc(Cl)ccc1C(=O)N1CC=C(c2c[nH]c3cc(F)ccc23)CC1. The van der Waals surface area contributed by atoms with E-state index in [4.69, 9.17) is 16.3 Å². The van der Waals surface area contributed by atoms with E-state index >= 15 is 0 Å². The molecule has 4 rings (SSSR count). The Morgan fingerprint density at radius 1 is 1.26 bits per heavy atom. The number of hydrogen-bond acceptors (Lipinski definition) is 2. The highest BCUT2D eigenvalue weighted by molar-refractivity contribution is 6.30. The van der Waals surface area contributed by atoms with Gasteiger partial charge in [-0.25, -0.2) is 4.39 Å². The van der Waals surface area contributed by atoms with Gasteiger partial charge in [0.25, 0.3) is 5.91 Å². The molecule has 0 bridgehead atoms. The van der Waals surface area contributed by atoms with Crippen LogP contribution in [0.4, 0.5) is 4.39 Å². The number of hydrogen-bond donors (Lipinski definition) is 1. The second kappa shape index (κ2) is 7.08. The molecule has 0 unspecified atom stereocenters. The number of benzene rings is 2. The van der Waals surface area contributed by atoms with Crippen molar-refractivity contribution in [2.75, 3.05) is 20.2 Å². The van der Waals surface area contributed by atoms with Crippen LogP contribution >= 0.6 is 11.6 Å². The first kappa shape index (κ1) is 17.6. The molecule has 6 heteroatoms. The van der Waals surface area contributed by atoms with Crippen molar-refractivity contribution >= 4 is 34.0 Å². The van der Waals surface area contributed by atoms with Gasteiger partial charge in [-0.2, -0.15) is 0 Å². The molecule has 0 atom stereocenters. The lowest BCUT2D eigenvalue weighted by Gasteiger charge is -2.27. The molecule has 1 aliphatic heterocycles. The zero-order chi connectivity index (χ0) is 19.0. The van der Waals surface area contributed by atoms with Crippen molar-refractivity contribution in [1.29, 1.82) is 0 Å². The van der Waals surface area contributed by atoms with Crippen molar-refractivity contribution in [2.45, 2.75) is 6.42 Å². The zero-order valence-electron chi connectivity index (χ0n) is 14.8. The molecule has 1 aromatic heterocycles. The summed E-state index contributed by atoms with van der Waals surface area (Å²) in [7, 11) is 1.52. The molecule has 138 valence electrons. The highest BCUT2D eigenvalue weighted by Crippen LogP contribution is 2.31. The molecule has 1 N–H and O–H groups in total. The smallest absolute Gasteiger partial charge is 0.257 e. The summed E-state index contributed by atoms with van der Waals surface area (Å²) in [5.41, 5.74) is 3.48. The van der Waals surface area contributed by atoms with Crippen molar-refractivity contribution in [3.8, 4) is 5.75 Å². The average Bonchev–Trinajstić information content (AvgIpc) is 3.10.